The van der Waals surface area contributed by atoms with Crippen LogP contribution >= 0.6 is 0 Å². The van der Waals surface area contributed by atoms with Crippen molar-refractivity contribution in [3.63, 3.8) is 0 Å². The van der Waals surface area contributed by atoms with E-state index in [9.17, 15) is 14.4 Å². The third kappa shape index (κ3) is 6.02. The molecule has 4 saturated heterocycles. The number of likely N-dealkylation sites (tertiary alicyclic amines) is 1. The maximum Gasteiger partial charge on any atom is 0.245 e. The van der Waals surface area contributed by atoms with E-state index in [0.29, 0.717) is 76.6 Å². The first-order valence-corrected chi connectivity index (χ1v) is 15.6. The Hall–Kier alpha value is -2.73. The molecule has 11 heteroatoms. The van der Waals surface area contributed by atoms with E-state index in [2.05, 4.69) is 15.5 Å². The molecule has 232 valence electrons. The van der Waals surface area contributed by atoms with Crippen LogP contribution in [0.3, 0.4) is 0 Å². The summed E-state index contributed by atoms with van der Waals surface area (Å²) >= 11 is 0. The molecular weight excluding hydrogens is 540 g/mol. The number of amides is 3. The van der Waals surface area contributed by atoms with Crippen molar-refractivity contribution in [1.29, 1.82) is 0 Å². The highest BCUT2D eigenvalue weighted by Crippen LogP contribution is 2.63. The molecule has 2 unspecified atom stereocenters. The van der Waals surface area contributed by atoms with Crippen LogP contribution in [-0.4, -0.2) is 109 Å². The minimum absolute atomic E-state index is 0.138. The fraction of sp³-hybridized carbons (Fsp3) is 0.710. The van der Waals surface area contributed by atoms with E-state index in [0.717, 1.165) is 25.9 Å². The van der Waals surface area contributed by atoms with E-state index in [1.54, 1.807) is 29.2 Å². The SMILES string of the molecule is CCOc1ccc(NC(=O)[C@H]2[C@H]3C(=O)N(CCCCCCO)C(C(=O)NCCN4CCOCC4)C34CC[C@]2(C)O4)cc1. The van der Waals surface area contributed by atoms with Gasteiger partial charge >= 0.3 is 0 Å². The maximum absolute atomic E-state index is 14.2. The quantitative estimate of drug-likeness (QED) is 0.282. The summed E-state index contributed by atoms with van der Waals surface area (Å²) in [6.07, 6.45) is 4.27. The van der Waals surface area contributed by atoms with Crippen molar-refractivity contribution in [3.05, 3.63) is 24.3 Å². The van der Waals surface area contributed by atoms with Gasteiger partial charge in [-0.3, -0.25) is 19.3 Å². The van der Waals surface area contributed by atoms with E-state index in [4.69, 9.17) is 19.3 Å². The molecule has 0 saturated carbocycles. The zero-order valence-electron chi connectivity index (χ0n) is 24.9. The van der Waals surface area contributed by atoms with Gasteiger partial charge < -0.3 is 34.9 Å². The van der Waals surface area contributed by atoms with Gasteiger partial charge in [-0.05, 0) is 63.8 Å². The van der Waals surface area contributed by atoms with E-state index in [1.165, 1.54) is 0 Å². The summed E-state index contributed by atoms with van der Waals surface area (Å²) in [5, 5.41) is 15.2. The number of aliphatic hydroxyl groups is 1. The summed E-state index contributed by atoms with van der Waals surface area (Å²) in [5.41, 5.74) is -1.26. The number of carbonyl (C=O) groups excluding carboxylic acids is 3. The summed E-state index contributed by atoms with van der Waals surface area (Å²) < 4.78 is 17.6. The van der Waals surface area contributed by atoms with Crippen molar-refractivity contribution in [2.45, 2.75) is 69.6 Å². The smallest absolute Gasteiger partial charge is 0.245 e. The third-order valence-electron chi connectivity index (χ3n) is 9.38. The lowest BCUT2D eigenvalue weighted by molar-refractivity contribution is -0.145. The fourth-order valence-electron chi connectivity index (χ4n) is 7.40. The number of nitrogens with zero attached hydrogens (tertiary/aromatic N) is 2. The Morgan fingerprint density at radius 1 is 1.05 bits per heavy atom. The summed E-state index contributed by atoms with van der Waals surface area (Å²) in [7, 11) is 0. The van der Waals surface area contributed by atoms with Crippen LogP contribution in [0.15, 0.2) is 24.3 Å². The number of ether oxygens (including phenoxy) is 3. The van der Waals surface area contributed by atoms with Gasteiger partial charge in [0.1, 0.15) is 17.4 Å². The second-order valence-electron chi connectivity index (χ2n) is 12.1. The number of unbranched alkanes of at least 4 members (excludes halogenated alkanes) is 3. The van der Waals surface area contributed by atoms with E-state index < -0.39 is 29.1 Å². The van der Waals surface area contributed by atoms with Crippen LogP contribution in [0.5, 0.6) is 5.75 Å². The van der Waals surface area contributed by atoms with Gasteiger partial charge in [0.05, 0.1) is 37.3 Å². The monoisotopic (exact) mass is 586 g/mol. The molecule has 1 aromatic rings. The topological polar surface area (TPSA) is 130 Å². The Kier molecular flexibility index (Phi) is 9.71. The number of fused-ring (bicyclic) bond motifs is 1. The molecule has 42 heavy (non-hydrogen) atoms. The minimum atomic E-state index is -1.04. The zero-order chi connectivity index (χ0) is 29.7. The zero-order valence-corrected chi connectivity index (χ0v) is 24.9. The number of nitrogens with one attached hydrogen (secondary N) is 2. The number of hydrogen-bond acceptors (Lipinski definition) is 8. The van der Waals surface area contributed by atoms with Gasteiger partial charge in [-0.15, -0.1) is 0 Å². The molecule has 3 amide bonds. The van der Waals surface area contributed by atoms with Crippen molar-refractivity contribution in [3.8, 4) is 5.75 Å². The largest absolute Gasteiger partial charge is 0.494 e. The van der Waals surface area contributed by atoms with Gasteiger partial charge in [0.2, 0.25) is 17.7 Å². The number of aliphatic hydroxyl groups excluding tert-OH is 1. The lowest BCUT2D eigenvalue weighted by Crippen LogP contribution is -2.56. The van der Waals surface area contributed by atoms with Crippen molar-refractivity contribution in [2.75, 3.05) is 64.5 Å². The molecule has 0 aromatic heterocycles. The van der Waals surface area contributed by atoms with E-state index in [1.807, 2.05) is 13.8 Å². The molecule has 4 fully saturated rings. The standard InChI is InChI=1S/C31H46N4O7/c1-3-41-23-10-8-22(9-11-23)33-27(37)24-25-29(39)35(15-6-4-5-7-19-36)26(31(25)13-12-30(24,2)42-31)28(38)32-14-16-34-17-20-40-21-18-34/h8-11,24-26,36H,3-7,12-21H2,1-2H3,(H,32,38)(H,33,37)/t24-,25+,26?,30+,31?/m1/s1. The van der Waals surface area contributed by atoms with Crippen LogP contribution in [0.2, 0.25) is 0 Å². The van der Waals surface area contributed by atoms with Gasteiger partial charge in [-0.25, -0.2) is 0 Å². The highest BCUT2D eigenvalue weighted by molar-refractivity contribution is 6.02. The summed E-state index contributed by atoms with van der Waals surface area (Å²) in [5.74, 6) is -1.39. The van der Waals surface area contributed by atoms with Crippen molar-refractivity contribution in [2.24, 2.45) is 11.8 Å². The maximum atomic E-state index is 14.2. The van der Waals surface area contributed by atoms with Crippen molar-refractivity contribution < 1.29 is 33.7 Å². The highest BCUT2D eigenvalue weighted by atomic mass is 16.5. The minimum Gasteiger partial charge on any atom is -0.494 e. The molecule has 0 radical (unpaired) electrons. The molecule has 4 heterocycles. The van der Waals surface area contributed by atoms with Gasteiger partial charge in [-0.1, -0.05) is 12.8 Å². The van der Waals surface area contributed by atoms with Gasteiger partial charge in [0, 0.05) is 45.0 Å². The Labute approximate surface area is 248 Å². The number of rotatable bonds is 14. The lowest BCUT2D eigenvalue weighted by atomic mass is 9.66. The predicted octanol–water partition coefficient (Wildman–Crippen LogP) is 1.79. The van der Waals surface area contributed by atoms with E-state index in [-0.39, 0.29) is 24.3 Å². The first-order valence-electron chi connectivity index (χ1n) is 15.6. The molecule has 5 rings (SSSR count). The van der Waals surface area contributed by atoms with Gasteiger partial charge in [0.25, 0.3) is 0 Å². The molecule has 1 aromatic carbocycles. The molecule has 4 aliphatic rings. The highest BCUT2D eigenvalue weighted by Gasteiger charge is 2.77. The van der Waals surface area contributed by atoms with Gasteiger partial charge in [0.15, 0.2) is 0 Å². The Morgan fingerprint density at radius 3 is 2.50 bits per heavy atom. The van der Waals surface area contributed by atoms with Crippen molar-refractivity contribution in [1.82, 2.24) is 15.1 Å². The number of carbonyl (C=O) groups is 3. The first kappa shape index (κ1) is 30.7. The lowest BCUT2D eigenvalue weighted by Gasteiger charge is -2.34. The molecule has 5 atom stereocenters. The summed E-state index contributed by atoms with van der Waals surface area (Å²) in [4.78, 5) is 45.8. The Bertz CT molecular complexity index is 1110. The number of benzene rings is 1. The molecule has 2 bridgehead atoms. The summed E-state index contributed by atoms with van der Waals surface area (Å²) in [6.45, 7) is 9.13. The second kappa shape index (κ2) is 13.3. The predicted molar refractivity (Wildman–Crippen MR) is 156 cm³/mol. The Morgan fingerprint density at radius 2 is 1.79 bits per heavy atom. The van der Waals surface area contributed by atoms with E-state index >= 15 is 0 Å². The Balaban J connectivity index is 1.34. The molecule has 0 aliphatic carbocycles. The molecular formula is C31H46N4O7. The number of anilines is 1. The van der Waals surface area contributed by atoms with Crippen molar-refractivity contribution >= 4 is 23.4 Å². The molecule has 11 nitrogen and oxygen atoms in total. The number of hydrogen-bond donors (Lipinski definition) is 3. The second-order valence-corrected chi connectivity index (χ2v) is 12.1. The average molecular weight is 587 g/mol. The third-order valence-corrected chi connectivity index (χ3v) is 9.38. The molecule has 3 N–H and O–H groups in total. The molecule has 1 spiro atoms. The normalized spacial score (nSPS) is 30.4. The van der Waals surface area contributed by atoms with Crippen LogP contribution in [-0.2, 0) is 23.9 Å². The van der Waals surface area contributed by atoms with Crippen LogP contribution < -0.4 is 15.4 Å². The van der Waals surface area contributed by atoms with Crippen LogP contribution in [0.25, 0.3) is 0 Å². The van der Waals surface area contributed by atoms with Crippen LogP contribution in [0.1, 0.15) is 52.4 Å². The van der Waals surface area contributed by atoms with Crippen LogP contribution in [0.4, 0.5) is 5.69 Å². The van der Waals surface area contributed by atoms with Crippen LogP contribution in [0, 0.1) is 11.8 Å². The fourth-order valence-corrected chi connectivity index (χ4v) is 7.40. The number of morpholine rings is 1. The van der Waals surface area contributed by atoms with Gasteiger partial charge in [-0.2, -0.15) is 0 Å². The molecule has 4 aliphatic heterocycles. The summed E-state index contributed by atoms with van der Waals surface area (Å²) in [6, 6.07) is 6.39. The average Bonchev–Trinajstić information content (AvgIpc) is 3.55. The first-order chi connectivity index (χ1) is 20.3.